The van der Waals surface area contributed by atoms with Gasteiger partial charge in [-0.25, -0.2) is 0 Å². The molecule has 88 valence electrons. The Hall–Kier alpha value is -0.600. The molecule has 0 radical (unpaired) electrons. The van der Waals surface area contributed by atoms with Gasteiger partial charge in [-0.05, 0) is 56.8 Å². The van der Waals surface area contributed by atoms with E-state index in [1.807, 2.05) is 6.20 Å². The van der Waals surface area contributed by atoms with E-state index in [1.54, 1.807) is 0 Å². The number of hydrogen-bond donors (Lipinski definition) is 0. The van der Waals surface area contributed by atoms with Crippen molar-refractivity contribution in [1.82, 2.24) is 9.88 Å². The lowest BCUT2D eigenvalue weighted by Crippen LogP contribution is -2.35. The smallest absolute Gasteiger partial charge is 0.0476 e. The number of halogens is 1. The molecule has 0 saturated carbocycles. The van der Waals surface area contributed by atoms with Crippen molar-refractivity contribution in [3.8, 4) is 0 Å². The van der Waals surface area contributed by atoms with E-state index in [0.717, 1.165) is 0 Å². The number of aryl methyl sites for hydroxylation is 1. The minimum absolute atomic E-state index is 0. The van der Waals surface area contributed by atoms with Gasteiger partial charge in [0.15, 0.2) is 0 Å². The van der Waals surface area contributed by atoms with Crippen molar-refractivity contribution in [2.75, 3.05) is 13.1 Å². The topological polar surface area (TPSA) is 16.1 Å². The molecule has 3 heterocycles. The Morgan fingerprint density at radius 1 is 1.19 bits per heavy atom. The summed E-state index contributed by atoms with van der Waals surface area (Å²) in [6.07, 6.45) is 9.41. The van der Waals surface area contributed by atoms with Gasteiger partial charge in [0.1, 0.15) is 0 Å². The Morgan fingerprint density at radius 2 is 1.88 bits per heavy atom. The normalized spacial score (nSPS) is 22.8. The summed E-state index contributed by atoms with van der Waals surface area (Å²) in [6, 6.07) is 2.33. The molecule has 0 aromatic carbocycles. The van der Waals surface area contributed by atoms with Crippen molar-refractivity contribution in [2.45, 2.75) is 38.1 Å². The molecule has 0 aliphatic carbocycles. The zero-order chi connectivity index (χ0) is 10.3. The highest BCUT2D eigenvalue weighted by Crippen LogP contribution is 2.46. The van der Waals surface area contributed by atoms with E-state index in [-0.39, 0.29) is 12.4 Å². The summed E-state index contributed by atoms with van der Waals surface area (Å²) >= 11 is 0. The second kappa shape index (κ2) is 4.34. The van der Waals surface area contributed by atoms with Crippen molar-refractivity contribution < 1.29 is 0 Å². The van der Waals surface area contributed by atoms with Crippen LogP contribution in [0, 0.1) is 6.92 Å². The maximum absolute atomic E-state index is 4.36. The van der Waals surface area contributed by atoms with Crippen LogP contribution >= 0.6 is 12.4 Å². The monoisotopic (exact) mass is 238 g/mol. The summed E-state index contributed by atoms with van der Waals surface area (Å²) in [5.74, 6) is 0. The molecular formula is C13H19ClN2. The molecule has 2 nitrogen and oxygen atoms in total. The summed E-state index contributed by atoms with van der Waals surface area (Å²) in [6.45, 7) is 4.71. The first-order chi connectivity index (χ1) is 7.31. The SMILES string of the molecule is Cc1cncc(C23CCCN2CCC3)c1.Cl. The minimum Gasteiger partial charge on any atom is -0.294 e. The zero-order valence-corrected chi connectivity index (χ0v) is 10.6. The fourth-order valence-corrected chi connectivity index (χ4v) is 3.39. The van der Waals surface area contributed by atoms with E-state index in [0.29, 0.717) is 5.54 Å². The highest BCUT2D eigenvalue weighted by Gasteiger charge is 2.45. The lowest BCUT2D eigenvalue weighted by atomic mass is 9.86. The first kappa shape index (κ1) is 11.9. The Kier molecular flexibility index (Phi) is 3.22. The van der Waals surface area contributed by atoms with E-state index in [2.05, 4.69) is 29.1 Å². The van der Waals surface area contributed by atoms with E-state index >= 15 is 0 Å². The molecule has 2 fully saturated rings. The Labute approximate surface area is 103 Å². The van der Waals surface area contributed by atoms with Gasteiger partial charge < -0.3 is 0 Å². The van der Waals surface area contributed by atoms with Gasteiger partial charge >= 0.3 is 0 Å². The Morgan fingerprint density at radius 3 is 2.50 bits per heavy atom. The van der Waals surface area contributed by atoms with Gasteiger partial charge in [0.25, 0.3) is 0 Å². The molecule has 0 bridgehead atoms. The molecule has 16 heavy (non-hydrogen) atoms. The Bertz CT molecular complexity index is 368. The highest BCUT2D eigenvalue weighted by atomic mass is 35.5. The van der Waals surface area contributed by atoms with Crippen molar-refractivity contribution in [3.05, 3.63) is 29.6 Å². The fraction of sp³-hybridized carbons (Fsp3) is 0.615. The third-order valence-electron chi connectivity index (χ3n) is 4.05. The summed E-state index contributed by atoms with van der Waals surface area (Å²) in [5.41, 5.74) is 3.11. The minimum atomic E-state index is 0. The maximum atomic E-state index is 4.36. The fourth-order valence-electron chi connectivity index (χ4n) is 3.39. The number of fused-ring (bicyclic) bond motifs is 1. The van der Waals surface area contributed by atoms with Crippen LogP contribution in [0.5, 0.6) is 0 Å². The molecule has 3 rings (SSSR count). The van der Waals surface area contributed by atoms with Gasteiger partial charge in [0.2, 0.25) is 0 Å². The van der Waals surface area contributed by atoms with Crippen molar-refractivity contribution in [1.29, 1.82) is 0 Å². The molecular weight excluding hydrogens is 220 g/mol. The van der Waals surface area contributed by atoms with Crippen LogP contribution in [0.3, 0.4) is 0 Å². The molecule has 0 unspecified atom stereocenters. The van der Waals surface area contributed by atoms with Crippen LogP contribution in [-0.2, 0) is 5.54 Å². The second-order valence-electron chi connectivity index (χ2n) is 4.98. The van der Waals surface area contributed by atoms with E-state index < -0.39 is 0 Å². The van der Waals surface area contributed by atoms with Crippen LogP contribution in [0.15, 0.2) is 18.5 Å². The predicted molar refractivity (Wildman–Crippen MR) is 67.9 cm³/mol. The molecule has 2 saturated heterocycles. The summed E-state index contributed by atoms with van der Waals surface area (Å²) in [5, 5.41) is 0. The quantitative estimate of drug-likeness (QED) is 0.748. The van der Waals surface area contributed by atoms with Crippen LogP contribution in [0.1, 0.15) is 36.8 Å². The molecule has 1 aromatic heterocycles. The largest absolute Gasteiger partial charge is 0.294 e. The van der Waals surface area contributed by atoms with E-state index in [1.165, 1.54) is 49.9 Å². The molecule has 1 aromatic rings. The van der Waals surface area contributed by atoms with Crippen LogP contribution < -0.4 is 0 Å². The van der Waals surface area contributed by atoms with Crippen LogP contribution in [-0.4, -0.2) is 23.0 Å². The first-order valence-corrected chi connectivity index (χ1v) is 5.98. The molecule has 0 atom stereocenters. The number of hydrogen-bond acceptors (Lipinski definition) is 2. The van der Waals surface area contributed by atoms with Crippen LogP contribution in [0.4, 0.5) is 0 Å². The first-order valence-electron chi connectivity index (χ1n) is 5.98. The lowest BCUT2D eigenvalue weighted by Gasteiger charge is -2.32. The molecule has 0 N–H and O–H groups in total. The summed E-state index contributed by atoms with van der Waals surface area (Å²) in [4.78, 5) is 7.03. The molecule has 2 aliphatic heterocycles. The number of rotatable bonds is 1. The Balaban J connectivity index is 0.000000963. The lowest BCUT2D eigenvalue weighted by molar-refractivity contribution is 0.197. The summed E-state index contributed by atoms with van der Waals surface area (Å²) in [7, 11) is 0. The van der Waals surface area contributed by atoms with Gasteiger partial charge in [-0.2, -0.15) is 0 Å². The maximum Gasteiger partial charge on any atom is 0.0476 e. The molecule has 3 heteroatoms. The number of pyridine rings is 1. The van der Waals surface area contributed by atoms with Crippen molar-refractivity contribution >= 4 is 12.4 Å². The van der Waals surface area contributed by atoms with E-state index in [9.17, 15) is 0 Å². The van der Waals surface area contributed by atoms with Crippen LogP contribution in [0.2, 0.25) is 0 Å². The molecule has 0 spiro atoms. The van der Waals surface area contributed by atoms with Crippen molar-refractivity contribution in [3.63, 3.8) is 0 Å². The predicted octanol–water partition coefficient (Wildman–Crippen LogP) is 2.90. The molecule has 2 aliphatic rings. The standard InChI is InChI=1S/C13H18N2.ClH/c1-11-8-12(10-14-9-11)13-4-2-6-15(13)7-3-5-13;/h8-10H,2-7H2,1H3;1H. The number of aromatic nitrogens is 1. The van der Waals surface area contributed by atoms with Crippen LogP contribution in [0.25, 0.3) is 0 Å². The highest BCUT2D eigenvalue weighted by molar-refractivity contribution is 5.85. The second-order valence-corrected chi connectivity index (χ2v) is 4.98. The van der Waals surface area contributed by atoms with Gasteiger partial charge in [-0.1, -0.05) is 6.07 Å². The average Bonchev–Trinajstić information content (AvgIpc) is 2.75. The van der Waals surface area contributed by atoms with Gasteiger partial charge in [-0.15, -0.1) is 12.4 Å². The number of nitrogens with zero attached hydrogens (tertiary/aromatic N) is 2. The zero-order valence-electron chi connectivity index (χ0n) is 9.78. The average molecular weight is 239 g/mol. The van der Waals surface area contributed by atoms with Gasteiger partial charge in [-0.3, -0.25) is 9.88 Å². The van der Waals surface area contributed by atoms with Gasteiger partial charge in [0.05, 0.1) is 0 Å². The third kappa shape index (κ3) is 1.64. The van der Waals surface area contributed by atoms with E-state index in [4.69, 9.17) is 0 Å². The molecule has 0 amide bonds. The van der Waals surface area contributed by atoms with Gasteiger partial charge in [0, 0.05) is 17.9 Å². The third-order valence-corrected chi connectivity index (χ3v) is 4.05. The summed E-state index contributed by atoms with van der Waals surface area (Å²) < 4.78 is 0. The van der Waals surface area contributed by atoms with Crippen molar-refractivity contribution in [2.24, 2.45) is 0 Å².